The lowest BCUT2D eigenvalue weighted by molar-refractivity contribution is 0.0738. The quantitative estimate of drug-likeness (QED) is 0.867. The summed E-state index contributed by atoms with van der Waals surface area (Å²) in [5.74, 6) is 0.374. The molecular weight excluding hydrogens is 290 g/mol. The number of allylic oxidation sites excluding steroid dienone is 1. The van der Waals surface area contributed by atoms with Crippen LogP contribution in [0.5, 0.6) is 0 Å². The van der Waals surface area contributed by atoms with Gasteiger partial charge in [0.2, 0.25) is 0 Å². The molecule has 4 rings (SSSR count). The molecule has 3 fully saturated rings. The predicted molar refractivity (Wildman–Crippen MR) is 90.5 cm³/mol. The fraction of sp³-hybridized carbons (Fsp3) is 0.556. The number of carbonyl (C=O) groups excluding carboxylic acids is 1. The maximum atomic E-state index is 12.7. The summed E-state index contributed by atoms with van der Waals surface area (Å²) < 4.78 is 0. The number of hydrogen-bond acceptors (Lipinski definition) is 3. The number of aromatic amines is 1. The van der Waals surface area contributed by atoms with Crippen LogP contribution in [0.25, 0.3) is 0 Å². The van der Waals surface area contributed by atoms with Gasteiger partial charge in [-0.1, -0.05) is 11.6 Å². The van der Waals surface area contributed by atoms with E-state index in [1.165, 1.54) is 12.0 Å². The number of carbonyl (C=O) groups is 1. The minimum Gasteiger partial charge on any atom is -0.337 e. The molecule has 1 aromatic rings. The maximum absolute atomic E-state index is 12.7. The highest BCUT2D eigenvalue weighted by molar-refractivity contribution is 5.93. The fourth-order valence-electron chi connectivity index (χ4n) is 3.63. The van der Waals surface area contributed by atoms with Crippen LogP contribution in [0.1, 0.15) is 37.0 Å². The van der Waals surface area contributed by atoms with Crippen LogP contribution >= 0.6 is 0 Å². The van der Waals surface area contributed by atoms with E-state index in [-0.39, 0.29) is 17.0 Å². The number of amides is 1. The number of nitrogens with one attached hydrogen (secondary N) is 1. The number of piperidine rings is 1. The summed E-state index contributed by atoms with van der Waals surface area (Å²) >= 11 is 0. The van der Waals surface area contributed by atoms with Crippen LogP contribution in [0.4, 0.5) is 0 Å². The number of nitrogens with zero attached hydrogens (tertiary/aromatic N) is 2. The van der Waals surface area contributed by atoms with Gasteiger partial charge in [-0.25, -0.2) is 0 Å². The van der Waals surface area contributed by atoms with Gasteiger partial charge >= 0.3 is 0 Å². The molecule has 23 heavy (non-hydrogen) atoms. The zero-order valence-electron chi connectivity index (χ0n) is 13.9. The largest absolute Gasteiger partial charge is 0.337 e. The van der Waals surface area contributed by atoms with Crippen LogP contribution in [0.3, 0.4) is 0 Å². The van der Waals surface area contributed by atoms with E-state index in [0.29, 0.717) is 12.0 Å². The number of fused-ring (bicyclic) bond motifs is 4. The van der Waals surface area contributed by atoms with E-state index in [1.54, 1.807) is 18.3 Å². The Bertz CT molecular complexity index is 660. The van der Waals surface area contributed by atoms with Gasteiger partial charge in [-0.15, -0.1) is 0 Å². The number of rotatable bonds is 3. The molecule has 0 unspecified atom stereocenters. The molecule has 3 aliphatic rings. The number of hydrogen-bond donors (Lipinski definition) is 1. The van der Waals surface area contributed by atoms with Crippen LogP contribution in [-0.4, -0.2) is 52.9 Å². The lowest BCUT2D eigenvalue weighted by Crippen LogP contribution is -2.44. The Labute approximate surface area is 137 Å². The molecule has 0 aliphatic carbocycles. The third-order valence-corrected chi connectivity index (χ3v) is 4.90. The Balaban J connectivity index is 1.77. The van der Waals surface area contributed by atoms with Gasteiger partial charge in [-0.2, -0.15) is 0 Å². The second kappa shape index (κ2) is 6.71. The molecule has 2 bridgehead atoms. The number of H-pyrrole nitrogens is 1. The standard InChI is InChI=1S/C18H25N3O2/c1-13(2)7-9-20-10-14-5-6-15(20)12-21(11-14)18(23)16-4-3-8-19-17(16)22/h3-4,7-8,14-15H,5-6,9-12H2,1-2H3,(H,19,22)/t14-,15-/m1/s1. The van der Waals surface area contributed by atoms with E-state index < -0.39 is 0 Å². The van der Waals surface area contributed by atoms with Gasteiger partial charge in [0, 0.05) is 38.4 Å². The number of pyridine rings is 1. The lowest BCUT2D eigenvalue weighted by Gasteiger charge is -2.35. The van der Waals surface area contributed by atoms with E-state index >= 15 is 0 Å². The molecule has 0 saturated carbocycles. The highest BCUT2D eigenvalue weighted by Gasteiger charge is 2.36. The van der Waals surface area contributed by atoms with Crippen molar-refractivity contribution in [1.82, 2.24) is 14.8 Å². The van der Waals surface area contributed by atoms with Gasteiger partial charge < -0.3 is 9.88 Å². The molecule has 5 heteroatoms. The fourth-order valence-corrected chi connectivity index (χ4v) is 3.63. The second-order valence-electron chi connectivity index (χ2n) is 6.96. The molecule has 124 valence electrons. The second-order valence-corrected chi connectivity index (χ2v) is 6.96. The summed E-state index contributed by atoms with van der Waals surface area (Å²) in [6.45, 7) is 7.72. The van der Waals surface area contributed by atoms with E-state index in [2.05, 4.69) is 29.8 Å². The molecule has 2 atom stereocenters. The molecule has 1 N–H and O–H groups in total. The summed E-state index contributed by atoms with van der Waals surface area (Å²) in [6.07, 6.45) is 6.13. The van der Waals surface area contributed by atoms with E-state index in [0.717, 1.165) is 32.6 Å². The molecule has 4 heterocycles. The predicted octanol–water partition coefficient (Wildman–Crippen LogP) is 1.88. The number of aromatic nitrogens is 1. The molecule has 1 aromatic heterocycles. The van der Waals surface area contributed by atoms with Gasteiger partial charge in [0.05, 0.1) is 0 Å². The molecule has 0 radical (unpaired) electrons. The van der Waals surface area contributed by atoms with Crippen molar-refractivity contribution < 1.29 is 4.79 Å². The Morgan fingerprint density at radius 2 is 2.13 bits per heavy atom. The Kier molecular flexibility index (Phi) is 4.66. The monoisotopic (exact) mass is 315 g/mol. The third kappa shape index (κ3) is 3.55. The Morgan fingerprint density at radius 3 is 2.87 bits per heavy atom. The SMILES string of the molecule is CC(C)=CCN1C[C@H]2CC[C@@H]1CN(C(=O)c1ccc[nH]c1=O)C2. The summed E-state index contributed by atoms with van der Waals surface area (Å²) in [5.41, 5.74) is 1.29. The summed E-state index contributed by atoms with van der Waals surface area (Å²) in [5, 5.41) is 0. The summed E-state index contributed by atoms with van der Waals surface area (Å²) in [6, 6.07) is 3.73. The summed E-state index contributed by atoms with van der Waals surface area (Å²) in [4.78, 5) is 31.6. The van der Waals surface area contributed by atoms with Gasteiger partial charge in [0.25, 0.3) is 11.5 Å². The van der Waals surface area contributed by atoms with Gasteiger partial charge in [0.1, 0.15) is 5.56 Å². The summed E-state index contributed by atoms with van der Waals surface area (Å²) in [7, 11) is 0. The van der Waals surface area contributed by atoms with Crippen molar-refractivity contribution in [2.45, 2.75) is 32.7 Å². The van der Waals surface area contributed by atoms with Crippen molar-refractivity contribution in [3.05, 3.63) is 45.9 Å². The van der Waals surface area contributed by atoms with Gasteiger partial charge in [-0.05, 0) is 44.7 Å². The molecule has 3 saturated heterocycles. The average molecular weight is 315 g/mol. The lowest BCUT2D eigenvalue weighted by atomic mass is 9.95. The molecule has 0 aromatic carbocycles. The van der Waals surface area contributed by atoms with Crippen molar-refractivity contribution in [3.8, 4) is 0 Å². The molecule has 3 aliphatic heterocycles. The first kappa shape index (κ1) is 16.0. The Morgan fingerprint density at radius 1 is 1.30 bits per heavy atom. The minimum atomic E-state index is -0.296. The highest BCUT2D eigenvalue weighted by Crippen LogP contribution is 2.28. The first-order valence-electron chi connectivity index (χ1n) is 8.39. The maximum Gasteiger partial charge on any atom is 0.260 e. The highest BCUT2D eigenvalue weighted by atomic mass is 16.2. The van der Waals surface area contributed by atoms with E-state index in [9.17, 15) is 9.59 Å². The van der Waals surface area contributed by atoms with Crippen LogP contribution in [-0.2, 0) is 0 Å². The van der Waals surface area contributed by atoms with Crippen molar-refractivity contribution in [1.29, 1.82) is 0 Å². The Hall–Kier alpha value is -1.88. The van der Waals surface area contributed by atoms with Crippen molar-refractivity contribution >= 4 is 5.91 Å². The van der Waals surface area contributed by atoms with Crippen molar-refractivity contribution in [3.63, 3.8) is 0 Å². The zero-order valence-corrected chi connectivity index (χ0v) is 13.9. The minimum absolute atomic E-state index is 0.132. The van der Waals surface area contributed by atoms with E-state index in [4.69, 9.17) is 0 Å². The molecule has 1 amide bonds. The normalized spacial score (nSPS) is 24.3. The first-order chi connectivity index (χ1) is 11.0. The smallest absolute Gasteiger partial charge is 0.260 e. The molecule has 0 spiro atoms. The van der Waals surface area contributed by atoms with Crippen molar-refractivity contribution in [2.24, 2.45) is 5.92 Å². The zero-order chi connectivity index (χ0) is 16.4. The van der Waals surface area contributed by atoms with Gasteiger partial charge in [0.15, 0.2) is 0 Å². The van der Waals surface area contributed by atoms with Crippen LogP contribution in [0.15, 0.2) is 34.8 Å². The van der Waals surface area contributed by atoms with Gasteiger partial charge in [-0.3, -0.25) is 14.5 Å². The first-order valence-corrected chi connectivity index (χ1v) is 8.39. The molecular formula is C18H25N3O2. The third-order valence-electron chi connectivity index (χ3n) is 4.90. The van der Waals surface area contributed by atoms with E-state index in [1.807, 2.05) is 4.90 Å². The van der Waals surface area contributed by atoms with Crippen LogP contribution in [0.2, 0.25) is 0 Å². The average Bonchev–Trinajstić information content (AvgIpc) is 2.84. The van der Waals surface area contributed by atoms with Crippen LogP contribution < -0.4 is 5.56 Å². The topological polar surface area (TPSA) is 56.4 Å². The molecule has 5 nitrogen and oxygen atoms in total. The van der Waals surface area contributed by atoms with Crippen molar-refractivity contribution in [2.75, 3.05) is 26.2 Å². The van der Waals surface area contributed by atoms with Crippen LogP contribution in [0, 0.1) is 5.92 Å².